The Kier molecular flexibility index (Phi) is 12.3. The van der Waals surface area contributed by atoms with E-state index in [-0.39, 0.29) is 48.8 Å². The van der Waals surface area contributed by atoms with Crippen molar-refractivity contribution in [3.05, 3.63) is 89.6 Å². The molecule has 0 amide bonds. The van der Waals surface area contributed by atoms with Crippen molar-refractivity contribution < 1.29 is 38.8 Å². The molecule has 0 aliphatic carbocycles. The maximum Gasteiger partial charge on any atom is 0.164 e. The summed E-state index contributed by atoms with van der Waals surface area (Å²) in [5.41, 5.74) is 4.85. The zero-order chi connectivity index (χ0) is 32.2. The minimum Gasteiger partial charge on any atom is -0.512 e. The Morgan fingerprint density at radius 2 is 1.67 bits per heavy atom. The standard InChI is InChI=1S/C25H19FNO.C14H26O2.Ir/c1-14(2)16-4-6-19-17(12-16)8-9-27-24(19)22-11-15(3)10-21-20-7-5-18(26)13-23(20)28-25(21)22;1-6-11(7-2)12(15)10-13(16)14(5,8-3)9-4;/h4-10,12-14H,1-3H3;10-11,15H,6-9H2,1-5H3;/q-1;;/b;12-10-;. The van der Waals surface area contributed by atoms with Crippen LogP contribution >= 0.6 is 0 Å². The quantitative estimate of drug-likeness (QED) is 0.0918. The van der Waals surface area contributed by atoms with Crippen LogP contribution in [0, 0.1) is 30.1 Å². The molecular weight excluding hydrogens is 742 g/mol. The van der Waals surface area contributed by atoms with Gasteiger partial charge < -0.3 is 14.5 Å². The molecule has 2 heterocycles. The Balaban J connectivity index is 0.000000282. The van der Waals surface area contributed by atoms with Crippen LogP contribution in [0.3, 0.4) is 0 Å². The molecular formula is C39H45FIrNO3-. The first kappa shape index (κ1) is 36.1. The molecule has 0 atom stereocenters. The van der Waals surface area contributed by atoms with Gasteiger partial charge in [-0.2, -0.15) is 0 Å². The average molecular weight is 787 g/mol. The first-order valence-corrected chi connectivity index (χ1v) is 15.8. The van der Waals surface area contributed by atoms with Crippen LogP contribution in [0.25, 0.3) is 44.0 Å². The largest absolute Gasteiger partial charge is 0.512 e. The average Bonchev–Trinajstić information content (AvgIpc) is 3.37. The van der Waals surface area contributed by atoms with Gasteiger partial charge in [-0.25, -0.2) is 4.39 Å². The number of aryl methyl sites for hydroxylation is 1. The van der Waals surface area contributed by atoms with Crippen LogP contribution in [0.15, 0.2) is 71.0 Å². The Morgan fingerprint density at radius 1 is 1.00 bits per heavy atom. The monoisotopic (exact) mass is 787 g/mol. The van der Waals surface area contributed by atoms with Gasteiger partial charge in [0.15, 0.2) is 5.78 Å². The summed E-state index contributed by atoms with van der Waals surface area (Å²) in [6, 6.07) is 18.6. The molecule has 3 aromatic carbocycles. The van der Waals surface area contributed by atoms with Crippen LogP contribution < -0.4 is 0 Å². The van der Waals surface area contributed by atoms with Crippen LogP contribution in [-0.4, -0.2) is 15.9 Å². The number of fused-ring (bicyclic) bond motifs is 4. The minimum absolute atomic E-state index is 0. The molecule has 1 N–H and O–H groups in total. The smallest absolute Gasteiger partial charge is 0.164 e. The normalized spacial score (nSPS) is 12.1. The van der Waals surface area contributed by atoms with Gasteiger partial charge in [-0.15, -0.1) is 17.7 Å². The molecule has 2 aromatic heterocycles. The predicted molar refractivity (Wildman–Crippen MR) is 181 cm³/mol. The molecule has 0 saturated carbocycles. The molecule has 0 aliphatic rings. The van der Waals surface area contributed by atoms with Crippen LogP contribution in [-0.2, 0) is 24.9 Å². The summed E-state index contributed by atoms with van der Waals surface area (Å²) in [5.74, 6) is 0.591. The third-order valence-corrected chi connectivity index (χ3v) is 9.13. The number of aliphatic hydroxyl groups is 1. The van der Waals surface area contributed by atoms with Crippen molar-refractivity contribution in [3.8, 4) is 11.3 Å². The molecule has 5 aromatic rings. The Labute approximate surface area is 280 Å². The van der Waals surface area contributed by atoms with Gasteiger partial charge in [-0.05, 0) is 71.8 Å². The summed E-state index contributed by atoms with van der Waals surface area (Å²) in [6.45, 7) is 16.4. The number of rotatable bonds is 9. The fraction of sp³-hybridized carbons (Fsp3) is 0.385. The number of carbonyl (C=O) groups excluding carboxylic acids is 1. The molecule has 0 unspecified atom stereocenters. The molecule has 0 bridgehead atoms. The van der Waals surface area contributed by atoms with Crippen molar-refractivity contribution in [2.75, 3.05) is 0 Å². The molecule has 4 nitrogen and oxygen atoms in total. The van der Waals surface area contributed by atoms with Crippen molar-refractivity contribution in [2.24, 2.45) is 11.3 Å². The maximum absolute atomic E-state index is 13.7. The third kappa shape index (κ3) is 7.73. The second kappa shape index (κ2) is 15.3. The van der Waals surface area contributed by atoms with Crippen molar-refractivity contribution in [3.63, 3.8) is 0 Å². The van der Waals surface area contributed by atoms with Crippen LogP contribution in [0.4, 0.5) is 4.39 Å². The molecule has 1 radical (unpaired) electrons. The van der Waals surface area contributed by atoms with E-state index in [1.807, 2.05) is 59.9 Å². The van der Waals surface area contributed by atoms with E-state index in [9.17, 15) is 14.3 Å². The number of ketones is 1. The minimum atomic E-state index is -0.319. The predicted octanol–water partition coefficient (Wildman–Crippen LogP) is 11.4. The van der Waals surface area contributed by atoms with E-state index < -0.39 is 0 Å². The van der Waals surface area contributed by atoms with E-state index in [2.05, 4.69) is 43.1 Å². The fourth-order valence-corrected chi connectivity index (χ4v) is 5.58. The van der Waals surface area contributed by atoms with Crippen LogP contribution in [0.1, 0.15) is 91.2 Å². The van der Waals surface area contributed by atoms with Gasteiger partial charge in [-0.1, -0.05) is 84.5 Å². The second-order valence-electron chi connectivity index (χ2n) is 12.3. The Hall–Kier alpha value is -3.34. The van der Waals surface area contributed by atoms with E-state index in [1.165, 1.54) is 23.8 Å². The number of aromatic nitrogens is 1. The molecule has 0 fully saturated rings. The van der Waals surface area contributed by atoms with Crippen molar-refractivity contribution in [1.82, 2.24) is 4.98 Å². The number of hydrogen-bond acceptors (Lipinski definition) is 4. The number of carbonyl (C=O) groups is 1. The summed E-state index contributed by atoms with van der Waals surface area (Å²) in [7, 11) is 0. The fourth-order valence-electron chi connectivity index (χ4n) is 5.58. The van der Waals surface area contributed by atoms with Gasteiger partial charge in [0.1, 0.15) is 11.4 Å². The van der Waals surface area contributed by atoms with E-state index in [4.69, 9.17) is 4.42 Å². The first-order valence-electron chi connectivity index (χ1n) is 15.8. The van der Waals surface area contributed by atoms with Gasteiger partial charge in [-0.3, -0.25) is 4.79 Å². The van der Waals surface area contributed by atoms with Gasteiger partial charge in [0, 0.05) is 55.2 Å². The summed E-state index contributed by atoms with van der Waals surface area (Å²) in [6.07, 6.45) is 6.66. The number of benzene rings is 3. The summed E-state index contributed by atoms with van der Waals surface area (Å²) >= 11 is 0. The van der Waals surface area contributed by atoms with Crippen LogP contribution in [0.5, 0.6) is 0 Å². The SMILES string of the molecule is CCC(CC)/C(O)=C/C(=O)C(C)(CC)CC.Cc1[c-]c(-c2nccc3cc(C(C)C)ccc23)c2oc3cc(F)ccc3c2c1.[Ir]. The zero-order valence-electron chi connectivity index (χ0n) is 27.7. The number of pyridine rings is 1. The summed E-state index contributed by atoms with van der Waals surface area (Å²) in [5, 5.41) is 13.9. The molecule has 241 valence electrons. The van der Waals surface area contributed by atoms with Crippen molar-refractivity contribution in [1.29, 1.82) is 0 Å². The first-order chi connectivity index (χ1) is 21.0. The van der Waals surface area contributed by atoms with Crippen molar-refractivity contribution >= 4 is 38.5 Å². The maximum atomic E-state index is 13.7. The second-order valence-corrected chi connectivity index (χ2v) is 12.3. The number of aliphatic hydroxyl groups excluding tert-OH is 1. The van der Waals surface area contributed by atoms with Gasteiger partial charge >= 0.3 is 0 Å². The summed E-state index contributed by atoms with van der Waals surface area (Å²) < 4.78 is 19.8. The molecule has 0 spiro atoms. The number of furan rings is 1. The number of halogens is 1. The number of nitrogens with zero attached hydrogens (tertiary/aromatic N) is 1. The Morgan fingerprint density at radius 3 is 2.29 bits per heavy atom. The van der Waals surface area contributed by atoms with E-state index in [0.29, 0.717) is 17.1 Å². The molecule has 6 heteroatoms. The van der Waals surface area contributed by atoms with E-state index >= 15 is 0 Å². The van der Waals surface area contributed by atoms with E-state index in [1.54, 1.807) is 6.07 Å². The number of allylic oxidation sites excluding steroid dienone is 2. The van der Waals surface area contributed by atoms with Crippen molar-refractivity contribution in [2.45, 2.75) is 87.0 Å². The van der Waals surface area contributed by atoms with Crippen LogP contribution in [0.2, 0.25) is 0 Å². The molecule has 0 aliphatic heterocycles. The molecule has 0 saturated heterocycles. The van der Waals surface area contributed by atoms with Gasteiger partial charge in [0.2, 0.25) is 0 Å². The number of hydrogen-bond donors (Lipinski definition) is 1. The summed E-state index contributed by atoms with van der Waals surface area (Å²) in [4.78, 5) is 16.7. The van der Waals surface area contributed by atoms with Gasteiger partial charge in [0.25, 0.3) is 0 Å². The zero-order valence-corrected chi connectivity index (χ0v) is 30.1. The topological polar surface area (TPSA) is 63.3 Å². The molecule has 45 heavy (non-hydrogen) atoms. The Bertz CT molecular complexity index is 1810. The third-order valence-electron chi connectivity index (χ3n) is 9.13. The van der Waals surface area contributed by atoms with E-state index in [0.717, 1.165) is 64.0 Å². The van der Waals surface area contributed by atoms with Gasteiger partial charge in [0.05, 0.1) is 11.3 Å². The molecule has 5 rings (SSSR count).